The standard InChI is InChI=1S/C21H28N4O/c1-14-15(2)24-19-12-16(8-9-18(19)23-14)21(26)22-13-17-6-5-11-25-10-4-3-7-20(17)25/h8-9,12,17,20H,3-7,10-11,13H2,1-2H3,(H,22,26)/t17-,20+/m0/s1. The second kappa shape index (κ2) is 7.31. The van der Waals surface area contributed by atoms with E-state index in [-0.39, 0.29) is 5.91 Å². The molecule has 0 bridgehead atoms. The molecule has 2 fully saturated rings. The maximum atomic E-state index is 12.7. The molecule has 5 heteroatoms. The molecule has 2 aromatic rings. The number of carbonyl (C=O) groups excluding carboxylic acids is 1. The van der Waals surface area contributed by atoms with Crippen molar-refractivity contribution in [2.24, 2.45) is 5.92 Å². The number of fused-ring (bicyclic) bond motifs is 2. The number of nitrogens with one attached hydrogen (secondary N) is 1. The maximum Gasteiger partial charge on any atom is 0.251 e. The van der Waals surface area contributed by atoms with Crippen LogP contribution in [-0.4, -0.2) is 46.5 Å². The number of benzene rings is 1. The maximum absolute atomic E-state index is 12.7. The van der Waals surface area contributed by atoms with Gasteiger partial charge in [-0.15, -0.1) is 0 Å². The van der Waals surface area contributed by atoms with Crippen LogP contribution in [-0.2, 0) is 0 Å². The van der Waals surface area contributed by atoms with Crippen molar-refractivity contribution in [3.8, 4) is 0 Å². The fraction of sp³-hybridized carbons (Fsp3) is 0.571. The van der Waals surface area contributed by atoms with Crippen molar-refractivity contribution in [3.05, 3.63) is 35.2 Å². The molecule has 138 valence electrons. The van der Waals surface area contributed by atoms with Gasteiger partial charge in [-0.2, -0.15) is 0 Å². The first-order chi connectivity index (χ1) is 12.6. The molecule has 2 atom stereocenters. The summed E-state index contributed by atoms with van der Waals surface area (Å²) in [6, 6.07) is 6.27. The number of rotatable bonds is 3. The van der Waals surface area contributed by atoms with Crippen molar-refractivity contribution in [2.75, 3.05) is 19.6 Å². The number of hydrogen-bond acceptors (Lipinski definition) is 4. The zero-order chi connectivity index (χ0) is 18.1. The minimum absolute atomic E-state index is 0.000129. The van der Waals surface area contributed by atoms with Crippen LogP contribution >= 0.6 is 0 Å². The lowest BCUT2D eigenvalue weighted by molar-refractivity contribution is 0.0575. The average molecular weight is 352 g/mol. The Morgan fingerprint density at radius 2 is 1.85 bits per heavy atom. The Hall–Kier alpha value is -2.01. The molecule has 0 saturated carbocycles. The quantitative estimate of drug-likeness (QED) is 0.921. The molecule has 1 aromatic heterocycles. The fourth-order valence-electron chi connectivity index (χ4n) is 4.51. The van der Waals surface area contributed by atoms with E-state index in [0.717, 1.165) is 29.0 Å². The molecule has 1 aromatic carbocycles. The molecule has 26 heavy (non-hydrogen) atoms. The summed E-state index contributed by atoms with van der Waals surface area (Å²) >= 11 is 0. The Labute approximate surface area is 155 Å². The van der Waals surface area contributed by atoms with Crippen LogP contribution in [0.5, 0.6) is 0 Å². The van der Waals surface area contributed by atoms with Crippen molar-refractivity contribution in [1.29, 1.82) is 0 Å². The van der Waals surface area contributed by atoms with Crippen LogP contribution in [0.2, 0.25) is 0 Å². The van der Waals surface area contributed by atoms with Crippen LogP contribution in [0.3, 0.4) is 0 Å². The normalized spacial score (nSPS) is 23.6. The van der Waals surface area contributed by atoms with Crippen LogP contribution in [0, 0.1) is 19.8 Å². The lowest BCUT2D eigenvalue weighted by atomic mass is 9.83. The fourth-order valence-corrected chi connectivity index (χ4v) is 4.51. The Morgan fingerprint density at radius 3 is 2.69 bits per heavy atom. The molecule has 4 rings (SSSR count). The highest BCUT2D eigenvalue weighted by Gasteiger charge is 2.32. The predicted octanol–water partition coefficient (Wildman–Crippen LogP) is 3.24. The molecule has 5 nitrogen and oxygen atoms in total. The molecule has 2 aliphatic heterocycles. The highest BCUT2D eigenvalue weighted by Crippen LogP contribution is 2.30. The van der Waals surface area contributed by atoms with E-state index in [9.17, 15) is 4.79 Å². The van der Waals surface area contributed by atoms with Crippen molar-refractivity contribution in [1.82, 2.24) is 20.2 Å². The van der Waals surface area contributed by atoms with Crippen molar-refractivity contribution in [3.63, 3.8) is 0 Å². The van der Waals surface area contributed by atoms with E-state index in [1.807, 2.05) is 32.0 Å². The van der Waals surface area contributed by atoms with Gasteiger partial charge in [0.1, 0.15) is 0 Å². The third kappa shape index (κ3) is 3.45. The second-order valence-corrected chi connectivity index (χ2v) is 7.81. The molecular formula is C21H28N4O. The first kappa shape index (κ1) is 17.4. The number of piperidine rings is 2. The molecule has 1 amide bonds. The van der Waals surface area contributed by atoms with Crippen LogP contribution in [0.25, 0.3) is 11.0 Å². The number of nitrogens with zero attached hydrogens (tertiary/aromatic N) is 3. The Bertz CT molecular complexity index is 817. The molecule has 0 aliphatic carbocycles. The third-order valence-corrected chi connectivity index (χ3v) is 6.09. The topological polar surface area (TPSA) is 58.1 Å². The van der Waals surface area contributed by atoms with E-state index in [1.165, 1.54) is 45.2 Å². The summed E-state index contributed by atoms with van der Waals surface area (Å²) in [4.78, 5) is 24.4. The summed E-state index contributed by atoms with van der Waals surface area (Å²) in [6.07, 6.45) is 6.41. The third-order valence-electron chi connectivity index (χ3n) is 6.09. The predicted molar refractivity (Wildman–Crippen MR) is 103 cm³/mol. The number of hydrogen-bond donors (Lipinski definition) is 1. The van der Waals surface area contributed by atoms with Gasteiger partial charge in [0.25, 0.3) is 5.91 Å². The molecule has 0 radical (unpaired) electrons. The minimum Gasteiger partial charge on any atom is -0.352 e. The van der Waals surface area contributed by atoms with E-state index in [4.69, 9.17) is 0 Å². The minimum atomic E-state index is -0.000129. The van der Waals surface area contributed by atoms with Gasteiger partial charge in [-0.05, 0) is 76.7 Å². The largest absolute Gasteiger partial charge is 0.352 e. The number of aryl methyl sites for hydroxylation is 2. The summed E-state index contributed by atoms with van der Waals surface area (Å²) < 4.78 is 0. The highest BCUT2D eigenvalue weighted by atomic mass is 16.1. The Morgan fingerprint density at radius 1 is 1.08 bits per heavy atom. The summed E-state index contributed by atoms with van der Waals surface area (Å²) in [6.45, 7) is 7.15. The summed E-state index contributed by atoms with van der Waals surface area (Å²) in [5.74, 6) is 0.581. The lowest BCUT2D eigenvalue weighted by Gasteiger charge is -2.44. The van der Waals surface area contributed by atoms with E-state index in [0.29, 0.717) is 17.5 Å². The second-order valence-electron chi connectivity index (χ2n) is 7.81. The number of amides is 1. The molecule has 3 heterocycles. The van der Waals surface area contributed by atoms with Gasteiger partial charge in [0.2, 0.25) is 0 Å². The van der Waals surface area contributed by atoms with E-state index in [1.54, 1.807) is 0 Å². The first-order valence-electron chi connectivity index (χ1n) is 9.89. The van der Waals surface area contributed by atoms with Crippen LogP contribution in [0.4, 0.5) is 0 Å². The smallest absolute Gasteiger partial charge is 0.251 e. The molecule has 0 unspecified atom stereocenters. The zero-order valence-corrected chi connectivity index (χ0v) is 15.8. The number of aromatic nitrogens is 2. The molecule has 0 spiro atoms. The van der Waals surface area contributed by atoms with Gasteiger partial charge in [-0.25, -0.2) is 9.97 Å². The summed E-state index contributed by atoms with van der Waals surface area (Å²) in [7, 11) is 0. The van der Waals surface area contributed by atoms with Gasteiger partial charge >= 0.3 is 0 Å². The average Bonchev–Trinajstić information content (AvgIpc) is 2.66. The summed E-state index contributed by atoms with van der Waals surface area (Å²) in [5, 5.41) is 3.18. The molecule has 1 N–H and O–H groups in total. The van der Waals surface area contributed by atoms with E-state index < -0.39 is 0 Å². The Balaban J connectivity index is 1.44. The van der Waals surface area contributed by atoms with Crippen LogP contribution in [0.1, 0.15) is 53.8 Å². The van der Waals surface area contributed by atoms with E-state index >= 15 is 0 Å². The van der Waals surface area contributed by atoms with Gasteiger partial charge in [0.05, 0.1) is 22.4 Å². The van der Waals surface area contributed by atoms with Crippen molar-refractivity contribution >= 4 is 16.9 Å². The van der Waals surface area contributed by atoms with Gasteiger partial charge in [0, 0.05) is 18.2 Å². The molecule has 2 saturated heterocycles. The SMILES string of the molecule is Cc1nc2ccc(C(=O)NC[C@@H]3CCCN4CCCC[C@H]34)cc2nc1C. The lowest BCUT2D eigenvalue weighted by Crippen LogP contribution is -2.51. The molecular weight excluding hydrogens is 324 g/mol. The van der Waals surface area contributed by atoms with Crippen LogP contribution < -0.4 is 5.32 Å². The van der Waals surface area contributed by atoms with Crippen molar-refractivity contribution in [2.45, 2.75) is 52.0 Å². The monoisotopic (exact) mass is 352 g/mol. The van der Waals surface area contributed by atoms with Crippen molar-refractivity contribution < 1.29 is 4.79 Å². The Kier molecular flexibility index (Phi) is 4.90. The van der Waals surface area contributed by atoms with Crippen LogP contribution in [0.15, 0.2) is 18.2 Å². The van der Waals surface area contributed by atoms with E-state index in [2.05, 4.69) is 20.2 Å². The van der Waals surface area contributed by atoms with Gasteiger partial charge < -0.3 is 10.2 Å². The van der Waals surface area contributed by atoms with Gasteiger partial charge in [0.15, 0.2) is 0 Å². The van der Waals surface area contributed by atoms with Gasteiger partial charge in [-0.3, -0.25) is 4.79 Å². The van der Waals surface area contributed by atoms with Gasteiger partial charge in [-0.1, -0.05) is 6.42 Å². The first-order valence-corrected chi connectivity index (χ1v) is 9.89. The zero-order valence-electron chi connectivity index (χ0n) is 15.8. The molecule has 2 aliphatic rings. The number of carbonyl (C=O) groups is 1. The summed E-state index contributed by atoms with van der Waals surface area (Å²) in [5.41, 5.74) is 4.15. The highest BCUT2D eigenvalue weighted by molar-refractivity contribution is 5.97.